The molecule has 56 heavy (non-hydrogen) atoms. The van der Waals surface area contributed by atoms with Crippen molar-refractivity contribution in [2.24, 2.45) is 23.2 Å². The van der Waals surface area contributed by atoms with Crippen molar-refractivity contribution in [2.45, 2.75) is 123 Å². The van der Waals surface area contributed by atoms with Crippen LogP contribution in [0.15, 0.2) is 29.1 Å². The molecule has 3 amide bonds. The van der Waals surface area contributed by atoms with Crippen molar-refractivity contribution in [3.8, 4) is 5.75 Å². The predicted molar refractivity (Wildman–Crippen MR) is 208 cm³/mol. The number of rotatable bonds is 12. The van der Waals surface area contributed by atoms with Gasteiger partial charge in [-0.15, -0.1) is 0 Å². The minimum Gasteiger partial charge on any atom is -0.488 e. The number of piperidine rings is 1. The van der Waals surface area contributed by atoms with Gasteiger partial charge in [-0.25, -0.2) is 14.4 Å². The van der Waals surface area contributed by atoms with Crippen molar-refractivity contribution in [2.75, 3.05) is 40.0 Å². The number of esters is 1. The van der Waals surface area contributed by atoms with E-state index in [4.69, 9.17) is 23.7 Å². The summed E-state index contributed by atoms with van der Waals surface area (Å²) in [5.41, 5.74) is -0.0210. The zero-order valence-electron chi connectivity index (χ0n) is 34.0. The molecule has 6 atom stereocenters. The number of amides is 3. The number of hydrogen-bond donors (Lipinski definition) is 2. The number of carbonyl (C=O) groups is 4. The van der Waals surface area contributed by atoms with Crippen LogP contribution >= 0.6 is 0 Å². The first-order chi connectivity index (χ1) is 26.5. The molecule has 3 aliphatic heterocycles. The number of ether oxygens (including phenoxy) is 5. The first-order valence-electron chi connectivity index (χ1n) is 20.3. The summed E-state index contributed by atoms with van der Waals surface area (Å²) >= 11 is 0. The van der Waals surface area contributed by atoms with Gasteiger partial charge in [0.2, 0.25) is 5.91 Å². The van der Waals surface area contributed by atoms with Crippen LogP contribution in [0.3, 0.4) is 0 Å². The van der Waals surface area contributed by atoms with Gasteiger partial charge in [0, 0.05) is 36.9 Å². The highest BCUT2D eigenvalue weighted by atomic mass is 16.6. The summed E-state index contributed by atoms with van der Waals surface area (Å²) in [6.45, 7) is 13.4. The molecular weight excluding hydrogens is 720 g/mol. The molecule has 2 bridgehead atoms. The quantitative estimate of drug-likeness (QED) is 0.158. The number of fused-ring (bicyclic) bond motifs is 3. The van der Waals surface area contributed by atoms with E-state index in [1.807, 2.05) is 65.8 Å². The summed E-state index contributed by atoms with van der Waals surface area (Å²) in [7, 11) is 1.31. The number of H-pyrrole nitrogens is 1. The lowest BCUT2D eigenvalue weighted by atomic mass is 9.84. The second-order valence-electron chi connectivity index (χ2n) is 18.0. The number of carbonyl (C=O) groups excluding carboxylic acids is 4. The predicted octanol–water partition coefficient (Wildman–Crippen LogP) is 5.59. The standard InChI is InChI=1S/C42H60N4O10/c1-41(2,3)35(37(48)46-19-13-18-31(46)38(49)52-7)44-39(50)54-32-20-25(32)14-9-8-10-16-29-34(28-15-11-12-17-30(28)43-36(29)47)55-33-26-21-45(22-27(33)24-53-23-26)40(51)56-42(4,5)6/h11-12,15,17,25-27,31-33,35H,8-10,13-14,16,18-24H2,1-7H3,(H,43,47)(H,44,50)/t25-,26?,27?,31+,32?,33?,35-/m1/s1. The molecule has 308 valence electrons. The van der Waals surface area contributed by atoms with Gasteiger partial charge in [-0.05, 0) is 82.8 Å². The van der Waals surface area contributed by atoms with Gasteiger partial charge in [0.15, 0.2) is 0 Å². The average Bonchev–Trinajstić information content (AvgIpc) is 3.65. The van der Waals surface area contributed by atoms with E-state index in [0.717, 1.165) is 37.5 Å². The highest BCUT2D eigenvalue weighted by Crippen LogP contribution is 2.39. The van der Waals surface area contributed by atoms with Gasteiger partial charge in [0.05, 0.1) is 31.4 Å². The molecule has 1 aliphatic carbocycles. The van der Waals surface area contributed by atoms with Crippen molar-refractivity contribution in [3.63, 3.8) is 0 Å². The van der Waals surface area contributed by atoms with Crippen LogP contribution in [0.2, 0.25) is 0 Å². The van der Waals surface area contributed by atoms with Gasteiger partial charge in [-0.3, -0.25) is 9.59 Å². The molecule has 1 aromatic carbocycles. The molecule has 1 aromatic heterocycles. The molecule has 4 heterocycles. The minimum absolute atomic E-state index is 0.0689. The number of para-hydroxylation sites is 1. The number of methoxy groups -OCH3 is 1. The fourth-order valence-electron chi connectivity index (χ4n) is 8.39. The second-order valence-corrected chi connectivity index (χ2v) is 18.0. The van der Waals surface area contributed by atoms with Crippen LogP contribution in [0, 0.1) is 23.2 Å². The van der Waals surface area contributed by atoms with E-state index < -0.39 is 35.2 Å². The maximum absolute atomic E-state index is 13.5. The lowest BCUT2D eigenvalue weighted by Crippen LogP contribution is -2.59. The first-order valence-corrected chi connectivity index (χ1v) is 20.3. The molecule has 0 spiro atoms. The van der Waals surface area contributed by atoms with Gasteiger partial charge in [-0.2, -0.15) is 0 Å². The number of unbranched alkanes of at least 4 members (excludes halogenated alkanes) is 2. The Morgan fingerprint density at radius 1 is 1.00 bits per heavy atom. The molecule has 4 fully saturated rings. The molecule has 4 aliphatic rings. The van der Waals surface area contributed by atoms with E-state index in [1.54, 1.807) is 4.90 Å². The number of hydrogen-bond acceptors (Lipinski definition) is 10. The normalized spacial score (nSPS) is 25.3. The highest BCUT2D eigenvalue weighted by Gasteiger charge is 2.46. The van der Waals surface area contributed by atoms with Crippen molar-refractivity contribution in [1.82, 2.24) is 20.1 Å². The van der Waals surface area contributed by atoms with E-state index in [-0.39, 0.29) is 47.5 Å². The number of pyridine rings is 1. The zero-order valence-corrected chi connectivity index (χ0v) is 34.0. The summed E-state index contributed by atoms with van der Waals surface area (Å²) in [6, 6.07) is 6.18. The Labute approximate surface area is 329 Å². The Morgan fingerprint density at radius 2 is 1.71 bits per heavy atom. The molecule has 2 aromatic rings. The van der Waals surface area contributed by atoms with Crippen LogP contribution in [-0.4, -0.2) is 109 Å². The monoisotopic (exact) mass is 780 g/mol. The number of aromatic nitrogens is 1. The third-order valence-corrected chi connectivity index (χ3v) is 11.4. The molecule has 0 radical (unpaired) electrons. The highest BCUT2D eigenvalue weighted by molar-refractivity contribution is 5.91. The summed E-state index contributed by atoms with van der Waals surface area (Å²) in [5.74, 6) is -0.0503. The summed E-state index contributed by atoms with van der Waals surface area (Å²) in [5, 5.41) is 3.65. The Kier molecular flexibility index (Phi) is 12.6. The van der Waals surface area contributed by atoms with Crippen LogP contribution in [0.1, 0.15) is 92.1 Å². The number of aromatic amines is 1. The molecule has 1 saturated carbocycles. The number of benzene rings is 1. The van der Waals surface area contributed by atoms with Gasteiger partial charge < -0.3 is 43.8 Å². The zero-order chi connectivity index (χ0) is 40.4. The van der Waals surface area contributed by atoms with E-state index in [2.05, 4.69) is 10.3 Å². The molecule has 14 heteroatoms. The lowest BCUT2D eigenvalue weighted by molar-refractivity contribution is -0.152. The van der Waals surface area contributed by atoms with Gasteiger partial charge in [-0.1, -0.05) is 45.7 Å². The molecule has 14 nitrogen and oxygen atoms in total. The van der Waals surface area contributed by atoms with E-state index in [9.17, 15) is 24.0 Å². The lowest BCUT2D eigenvalue weighted by Gasteiger charge is -2.46. The Bertz CT molecular complexity index is 1800. The Balaban J connectivity index is 1.01. The van der Waals surface area contributed by atoms with Crippen molar-refractivity contribution < 1.29 is 42.9 Å². The van der Waals surface area contributed by atoms with Crippen LogP contribution in [-0.2, 0) is 35.0 Å². The molecule has 6 rings (SSSR count). The third kappa shape index (κ3) is 9.78. The van der Waals surface area contributed by atoms with Crippen LogP contribution in [0.25, 0.3) is 10.9 Å². The average molecular weight is 781 g/mol. The number of nitrogens with zero attached hydrogens (tertiary/aromatic N) is 2. The number of likely N-dealkylation sites (tertiary alicyclic amines) is 2. The summed E-state index contributed by atoms with van der Waals surface area (Å²) in [4.78, 5) is 71.7. The first kappa shape index (κ1) is 41.3. The summed E-state index contributed by atoms with van der Waals surface area (Å²) in [6.07, 6.45) is 4.58. The van der Waals surface area contributed by atoms with Crippen molar-refractivity contribution in [1.29, 1.82) is 0 Å². The van der Waals surface area contributed by atoms with E-state index >= 15 is 0 Å². The minimum atomic E-state index is -0.859. The maximum Gasteiger partial charge on any atom is 0.410 e. The van der Waals surface area contributed by atoms with Gasteiger partial charge >= 0.3 is 18.2 Å². The summed E-state index contributed by atoms with van der Waals surface area (Å²) < 4.78 is 29.1. The fourth-order valence-corrected chi connectivity index (χ4v) is 8.39. The van der Waals surface area contributed by atoms with Crippen LogP contribution in [0.4, 0.5) is 9.59 Å². The van der Waals surface area contributed by atoms with Crippen LogP contribution in [0.5, 0.6) is 5.75 Å². The molecular formula is C42H60N4O10. The SMILES string of the molecule is COC(=O)[C@@H]1CCCN1C(=O)[C@@H](NC(=O)OC1C[C@H]1CCCCCc1c(OC2C3COCC2CN(C(=O)OC(C)(C)C)C3)c2ccccc2[nH]c1=O)C(C)(C)C. The Morgan fingerprint density at radius 3 is 2.39 bits per heavy atom. The van der Waals surface area contributed by atoms with Crippen molar-refractivity contribution in [3.05, 3.63) is 40.2 Å². The largest absolute Gasteiger partial charge is 0.488 e. The van der Waals surface area contributed by atoms with Gasteiger partial charge in [0.1, 0.15) is 35.6 Å². The topological polar surface area (TPSA) is 166 Å². The molecule has 3 saturated heterocycles. The van der Waals surface area contributed by atoms with Gasteiger partial charge in [0.25, 0.3) is 5.56 Å². The third-order valence-electron chi connectivity index (χ3n) is 11.4. The second kappa shape index (κ2) is 17.0. The molecule has 2 N–H and O–H groups in total. The van der Waals surface area contributed by atoms with E-state index in [1.165, 1.54) is 12.0 Å². The van der Waals surface area contributed by atoms with Crippen molar-refractivity contribution >= 4 is 35.0 Å². The maximum atomic E-state index is 13.5. The van der Waals surface area contributed by atoms with Crippen LogP contribution < -0.4 is 15.6 Å². The molecule has 3 unspecified atom stereocenters. The number of nitrogens with one attached hydrogen (secondary N) is 2. The smallest absolute Gasteiger partial charge is 0.410 e. The van der Waals surface area contributed by atoms with E-state index in [0.29, 0.717) is 68.9 Å². The number of alkyl carbamates (subject to hydrolysis) is 1. The Hall–Kier alpha value is -4.33. The fraction of sp³-hybridized carbons (Fsp3) is 0.690.